The maximum absolute atomic E-state index is 11.1. The van der Waals surface area contributed by atoms with Crippen molar-refractivity contribution in [1.82, 2.24) is 15.5 Å². The van der Waals surface area contributed by atoms with Crippen molar-refractivity contribution in [2.24, 2.45) is 0 Å². The van der Waals surface area contributed by atoms with Crippen LogP contribution in [0.3, 0.4) is 0 Å². The number of hydrogen-bond donors (Lipinski definition) is 2. The van der Waals surface area contributed by atoms with Crippen LogP contribution in [-0.4, -0.2) is 29.2 Å². The lowest BCUT2D eigenvalue weighted by molar-refractivity contribution is -0.120. The Morgan fingerprint density at radius 2 is 2.27 bits per heavy atom. The van der Waals surface area contributed by atoms with E-state index < -0.39 is 0 Å². The molecule has 0 bridgehead atoms. The van der Waals surface area contributed by atoms with E-state index in [-0.39, 0.29) is 5.91 Å². The zero-order valence-electron chi connectivity index (χ0n) is 8.46. The maximum Gasteiger partial charge on any atom is 0.221 e. The van der Waals surface area contributed by atoms with Crippen molar-refractivity contribution in [2.75, 3.05) is 18.4 Å². The predicted octanol–water partition coefficient (Wildman–Crippen LogP) is 1.07. The second-order valence-electron chi connectivity index (χ2n) is 2.87. The van der Waals surface area contributed by atoms with Crippen molar-refractivity contribution in [3.05, 3.63) is 17.3 Å². The van der Waals surface area contributed by atoms with Gasteiger partial charge < -0.3 is 10.6 Å². The molecule has 15 heavy (non-hydrogen) atoms. The third-order valence-electron chi connectivity index (χ3n) is 1.66. The molecule has 1 aromatic heterocycles. The number of halogens is 1. The standard InChI is InChI=1S/C9H13ClN4O/c1-2-11-9(15)5-6-12-8-4-3-7(10)13-14-8/h3-4H,2,5-6H2,1H3,(H,11,15)(H,12,14). The molecule has 1 heterocycles. The van der Waals surface area contributed by atoms with Crippen molar-refractivity contribution in [1.29, 1.82) is 0 Å². The van der Waals surface area contributed by atoms with Crippen LogP contribution in [0.5, 0.6) is 0 Å². The first kappa shape index (κ1) is 11.7. The number of aromatic nitrogens is 2. The van der Waals surface area contributed by atoms with Gasteiger partial charge in [-0.2, -0.15) is 0 Å². The van der Waals surface area contributed by atoms with E-state index in [0.717, 1.165) is 0 Å². The Kier molecular flexibility index (Phi) is 4.83. The van der Waals surface area contributed by atoms with E-state index in [9.17, 15) is 4.79 Å². The van der Waals surface area contributed by atoms with Gasteiger partial charge in [-0.1, -0.05) is 11.6 Å². The number of nitrogens with one attached hydrogen (secondary N) is 2. The van der Waals surface area contributed by atoms with Crippen LogP contribution in [0.1, 0.15) is 13.3 Å². The van der Waals surface area contributed by atoms with E-state index in [2.05, 4.69) is 20.8 Å². The summed E-state index contributed by atoms with van der Waals surface area (Å²) in [6.07, 6.45) is 0.415. The number of nitrogens with zero attached hydrogens (tertiary/aromatic N) is 2. The van der Waals surface area contributed by atoms with Crippen LogP contribution in [0.4, 0.5) is 5.82 Å². The minimum absolute atomic E-state index is 0.0203. The molecule has 0 aromatic carbocycles. The molecule has 0 radical (unpaired) electrons. The predicted molar refractivity (Wildman–Crippen MR) is 58.8 cm³/mol. The molecule has 0 saturated heterocycles. The van der Waals surface area contributed by atoms with Crippen LogP contribution in [0.25, 0.3) is 0 Å². The fourth-order valence-electron chi connectivity index (χ4n) is 1.000. The summed E-state index contributed by atoms with van der Waals surface area (Å²) in [5.74, 6) is 0.635. The average molecular weight is 229 g/mol. The Morgan fingerprint density at radius 3 is 2.87 bits per heavy atom. The summed E-state index contributed by atoms with van der Waals surface area (Å²) in [5.41, 5.74) is 0. The van der Waals surface area contributed by atoms with E-state index in [0.29, 0.717) is 30.5 Å². The van der Waals surface area contributed by atoms with Crippen molar-refractivity contribution < 1.29 is 4.79 Å². The lowest BCUT2D eigenvalue weighted by Crippen LogP contribution is -2.24. The smallest absolute Gasteiger partial charge is 0.221 e. The maximum atomic E-state index is 11.1. The summed E-state index contributed by atoms with van der Waals surface area (Å²) in [6.45, 7) is 3.07. The van der Waals surface area contributed by atoms with E-state index in [1.54, 1.807) is 12.1 Å². The van der Waals surface area contributed by atoms with E-state index in [1.807, 2.05) is 6.92 Å². The zero-order valence-corrected chi connectivity index (χ0v) is 9.21. The van der Waals surface area contributed by atoms with Gasteiger partial charge in [0.15, 0.2) is 5.15 Å². The Balaban J connectivity index is 2.26. The third kappa shape index (κ3) is 4.60. The quantitative estimate of drug-likeness (QED) is 0.791. The van der Waals surface area contributed by atoms with E-state index in [1.165, 1.54) is 0 Å². The molecule has 82 valence electrons. The van der Waals surface area contributed by atoms with Crippen LogP contribution in [0, 0.1) is 0 Å². The molecule has 0 unspecified atom stereocenters. The van der Waals surface area contributed by atoms with Gasteiger partial charge in [0, 0.05) is 19.5 Å². The number of anilines is 1. The number of rotatable bonds is 5. The zero-order chi connectivity index (χ0) is 11.1. The summed E-state index contributed by atoms with van der Waals surface area (Å²) in [7, 11) is 0. The molecular weight excluding hydrogens is 216 g/mol. The van der Waals surface area contributed by atoms with Gasteiger partial charge in [-0.3, -0.25) is 4.79 Å². The summed E-state index contributed by atoms with van der Waals surface area (Å²) in [5, 5.41) is 13.5. The van der Waals surface area contributed by atoms with Gasteiger partial charge in [0.2, 0.25) is 5.91 Å². The first-order valence-electron chi connectivity index (χ1n) is 4.72. The van der Waals surface area contributed by atoms with Gasteiger partial charge >= 0.3 is 0 Å². The van der Waals surface area contributed by atoms with Gasteiger partial charge in [-0.25, -0.2) is 0 Å². The SMILES string of the molecule is CCNC(=O)CCNc1ccc(Cl)nn1. The number of hydrogen-bond acceptors (Lipinski definition) is 4. The van der Waals surface area contributed by atoms with E-state index >= 15 is 0 Å². The highest BCUT2D eigenvalue weighted by atomic mass is 35.5. The topological polar surface area (TPSA) is 66.9 Å². The van der Waals surface area contributed by atoms with Gasteiger partial charge in [-0.05, 0) is 19.1 Å². The molecule has 1 rings (SSSR count). The molecule has 6 heteroatoms. The van der Waals surface area contributed by atoms with Crippen molar-refractivity contribution in [2.45, 2.75) is 13.3 Å². The molecule has 1 aromatic rings. The van der Waals surface area contributed by atoms with E-state index in [4.69, 9.17) is 11.6 Å². The minimum Gasteiger partial charge on any atom is -0.368 e. The molecule has 0 fully saturated rings. The molecule has 0 atom stereocenters. The third-order valence-corrected chi connectivity index (χ3v) is 1.87. The fourth-order valence-corrected chi connectivity index (χ4v) is 1.10. The highest BCUT2D eigenvalue weighted by Gasteiger charge is 1.99. The molecule has 0 aliphatic heterocycles. The fraction of sp³-hybridized carbons (Fsp3) is 0.444. The molecule has 1 amide bonds. The first-order chi connectivity index (χ1) is 7.22. The first-order valence-corrected chi connectivity index (χ1v) is 5.10. The summed E-state index contributed by atoms with van der Waals surface area (Å²) < 4.78 is 0. The van der Waals surface area contributed by atoms with Crippen molar-refractivity contribution in [3.8, 4) is 0 Å². The second kappa shape index (κ2) is 6.19. The molecule has 0 aliphatic carbocycles. The Morgan fingerprint density at radius 1 is 1.47 bits per heavy atom. The Labute approximate surface area is 93.2 Å². The van der Waals surface area contributed by atoms with Gasteiger partial charge in [0.05, 0.1) is 0 Å². The molecule has 0 spiro atoms. The van der Waals surface area contributed by atoms with Crippen LogP contribution >= 0.6 is 11.6 Å². The molecule has 0 saturated carbocycles. The van der Waals surface area contributed by atoms with Crippen LogP contribution in [-0.2, 0) is 4.79 Å². The number of carbonyl (C=O) groups is 1. The second-order valence-corrected chi connectivity index (χ2v) is 3.26. The Hall–Kier alpha value is -1.36. The average Bonchev–Trinajstić information content (AvgIpc) is 2.21. The Bertz CT molecular complexity index is 314. The molecular formula is C9H13ClN4O. The summed E-state index contributed by atoms with van der Waals surface area (Å²) >= 11 is 5.57. The lowest BCUT2D eigenvalue weighted by atomic mass is 10.4. The van der Waals surface area contributed by atoms with Crippen LogP contribution in [0.15, 0.2) is 12.1 Å². The summed E-state index contributed by atoms with van der Waals surface area (Å²) in [4.78, 5) is 11.1. The van der Waals surface area contributed by atoms with Gasteiger partial charge in [0.25, 0.3) is 0 Å². The molecule has 5 nitrogen and oxygen atoms in total. The molecule has 2 N–H and O–H groups in total. The number of amides is 1. The normalized spacial score (nSPS) is 9.73. The van der Waals surface area contributed by atoms with Gasteiger partial charge in [-0.15, -0.1) is 10.2 Å². The van der Waals surface area contributed by atoms with Crippen molar-refractivity contribution in [3.63, 3.8) is 0 Å². The monoisotopic (exact) mass is 228 g/mol. The van der Waals surface area contributed by atoms with Crippen LogP contribution in [0.2, 0.25) is 5.15 Å². The lowest BCUT2D eigenvalue weighted by Gasteiger charge is -2.04. The van der Waals surface area contributed by atoms with Crippen molar-refractivity contribution >= 4 is 23.3 Å². The highest BCUT2D eigenvalue weighted by molar-refractivity contribution is 6.29. The summed E-state index contributed by atoms with van der Waals surface area (Å²) in [6, 6.07) is 3.36. The number of carbonyl (C=O) groups excluding carboxylic acids is 1. The molecule has 0 aliphatic rings. The minimum atomic E-state index is 0.0203. The highest BCUT2D eigenvalue weighted by Crippen LogP contribution is 2.05. The largest absolute Gasteiger partial charge is 0.368 e. The van der Waals surface area contributed by atoms with Gasteiger partial charge in [0.1, 0.15) is 5.82 Å². The van der Waals surface area contributed by atoms with Crippen LogP contribution < -0.4 is 10.6 Å².